The van der Waals surface area contributed by atoms with E-state index in [-0.39, 0.29) is 19.8 Å². The summed E-state index contributed by atoms with van der Waals surface area (Å²) in [4.78, 5) is 24.4. The summed E-state index contributed by atoms with van der Waals surface area (Å²) in [7, 11) is 0. The maximum absolute atomic E-state index is 12.1. The van der Waals surface area contributed by atoms with Crippen molar-refractivity contribution in [2.45, 2.75) is 6.04 Å². The average Bonchev–Trinajstić information content (AvgIpc) is 2.47. The van der Waals surface area contributed by atoms with E-state index in [1.54, 1.807) is 24.3 Å². The van der Waals surface area contributed by atoms with Crippen LogP contribution in [0, 0.1) is 11.3 Å². The summed E-state index contributed by atoms with van der Waals surface area (Å²) in [5, 5.41) is 20.6. The molecule has 0 bridgehead atoms. The van der Waals surface area contributed by atoms with Crippen molar-refractivity contribution in [3.05, 3.63) is 29.8 Å². The van der Waals surface area contributed by atoms with Crippen LogP contribution in [0.25, 0.3) is 0 Å². The molecule has 7 nitrogen and oxygen atoms in total. The third-order valence-electron chi connectivity index (χ3n) is 2.96. The third kappa shape index (κ3) is 2.87. The average molecular weight is 275 g/mol. The van der Waals surface area contributed by atoms with E-state index >= 15 is 0 Å². The van der Waals surface area contributed by atoms with E-state index in [4.69, 9.17) is 15.1 Å². The lowest BCUT2D eigenvalue weighted by Gasteiger charge is -2.32. The standard InChI is InChI=1S/C13H13N3O4/c14-7-9-3-1-2-4-10(9)15-13(19)16-5-6-20-8-11(16)12(17)18/h1-4,11H,5-6,8H2,(H,15,19)(H,17,18). The predicted octanol–water partition coefficient (Wildman–Crippen LogP) is 0.876. The van der Waals surface area contributed by atoms with Crippen LogP contribution in [0.15, 0.2) is 24.3 Å². The number of ether oxygens (including phenoxy) is 1. The number of nitriles is 1. The molecule has 1 aromatic rings. The first-order valence-electron chi connectivity index (χ1n) is 6.01. The van der Waals surface area contributed by atoms with Gasteiger partial charge in [-0.3, -0.25) is 0 Å². The van der Waals surface area contributed by atoms with E-state index in [9.17, 15) is 9.59 Å². The zero-order valence-corrected chi connectivity index (χ0v) is 10.6. The fourth-order valence-electron chi connectivity index (χ4n) is 1.93. The number of hydrogen-bond acceptors (Lipinski definition) is 4. The topological polar surface area (TPSA) is 103 Å². The Morgan fingerprint density at radius 2 is 2.20 bits per heavy atom. The minimum atomic E-state index is -1.12. The summed E-state index contributed by atoms with van der Waals surface area (Å²) >= 11 is 0. The van der Waals surface area contributed by atoms with E-state index in [0.29, 0.717) is 11.3 Å². The first kappa shape index (κ1) is 13.8. The minimum absolute atomic E-state index is 0.0390. The van der Waals surface area contributed by atoms with Crippen LogP contribution in [-0.2, 0) is 9.53 Å². The number of para-hydroxylation sites is 1. The van der Waals surface area contributed by atoms with Gasteiger partial charge in [-0.2, -0.15) is 5.26 Å². The molecule has 0 aromatic heterocycles. The first-order chi connectivity index (χ1) is 9.63. The van der Waals surface area contributed by atoms with Crippen molar-refractivity contribution in [3.8, 4) is 6.07 Å². The van der Waals surface area contributed by atoms with Crippen LogP contribution >= 0.6 is 0 Å². The van der Waals surface area contributed by atoms with Gasteiger partial charge in [-0.25, -0.2) is 9.59 Å². The maximum Gasteiger partial charge on any atom is 0.328 e. The second-order valence-electron chi connectivity index (χ2n) is 4.21. The highest BCUT2D eigenvalue weighted by Crippen LogP contribution is 2.16. The van der Waals surface area contributed by atoms with Crippen molar-refractivity contribution in [2.24, 2.45) is 0 Å². The molecule has 7 heteroatoms. The van der Waals surface area contributed by atoms with Crippen molar-refractivity contribution in [1.29, 1.82) is 5.26 Å². The molecule has 1 aliphatic heterocycles. The molecule has 2 rings (SSSR count). The van der Waals surface area contributed by atoms with Crippen molar-refractivity contribution in [1.82, 2.24) is 4.90 Å². The highest BCUT2D eigenvalue weighted by atomic mass is 16.5. The fraction of sp³-hybridized carbons (Fsp3) is 0.308. The van der Waals surface area contributed by atoms with E-state index in [0.717, 1.165) is 0 Å². The molecule has 104 valence electrons. The normalized spacial score (nSPS) is 18.1. The van der Waals surface area contributed by atoms with Crippen LogP contribution in [-0.4, -0.2) is 47.8 Å². The molecule has 1 aliphatic rings. The van der Waals surface area contributed by atoms with Crippen LogP contribution in [0.4, 0.5) is 10.5 Å². The second kappa shape index (κ2) is 6.04. The fourth-order valence-corrected chi connectivity index (χ4v) is 1.93. The lowest BCUT2D eigenvalue weighted by molar-refractivity contribution is -0.147. The summed E-state index contributed by atoms with van der Waals surface area (Å²) in [5.41, 5.74) is 0.677. The largest absolute Gasteiger partial charge is 0.480 e. The van der Waals surface area contributed by atoms with E-state index in [1.807, 2.05) is 6.07 Å². The quantitative estimate of drug-likeness (QED) is 0.833. The zero-order valence-electron chi connectivity index (χ0n) is 10.6. The Morgan fingerprint density at radius 3 is 2.90 bits per heavy atom. The molecule has 0 radical (unpaired) electrons. The van der Waals surface area contributed by atoms with Gasteiger partial charge in [-0.15, -0.1) is 0 Å². The van der Waals surface area contributed by atoms with Gasteiger partial charge in [0.25, 0.3) is 0 Å². The number of carboxylic acids is 1. The Bertz CT molecular complexity index is 567. The van der Waals surface area contributed by atoms with Gasteiger partial charge in [0, 0.05) is 6.54 Å². The van der Waals surface area contributed by atoms with Crippen LogP contribution in [0.2, 0.25) is 0 Å². The van der Waals surface area contributed by atoms with Crippen molar-refractivity contribution in [3.63, 3.8) is 0 Å². The van der Waals surface area contributed by atoms with Crippen LogP contribution in [0.5, 0.6) is 0 Å². The minimum Gasteiger partial charge on any atom is -0.480 e. The first-order valence-corrected chi connectivity index (χ1v) is 6.01. The number of benzene rings is 1. The number of carboxylic acid groups (broad SMARTS) is 1. The Kier molecular flexibility index (Phi) is 4.17. The molecule has 0 saturated carbocycles. The van der Waals surface area contributed by atoms with Gasteiger partial charge in [0.1, 0.15) is 6.07 Å². The van der Waals surface area contributed by atoms with E-state index in [2.05, 4.69) is 5.32 Å². The highest BCUT2D eigenvalue weighted by Gasteiger charge is 2.32. The Morgan fingerprint density at radius 1 is 1.45 bits per heavy atom. The van der Waals surface area contributed by atoms with E-state index in [1.165, 1.54) is 4.90 Å². The number of nitrogens with one attached hydrogen (secondary N) is 1. The molecular weight excluding hydrogens is 262 g/mol. The zero-order chi connectivity index (χ0) is 14.5. The van der Waals surface area contributed by atoms with Gasteiger partial charge in [0.15, 0.2) is 6.04 Å². The summed E-state index contributed by atoms with van der Waals surface area (Å²) in [5.74, 6) is -1.12. The molecule has 0 spiro atoms. The lowest BCUT2D eigenvalue weighted by atomic mass is 10.2. The van der Waals surface area contributed by atoms with Crippen LogP contribution in [0.1, 0.15) is 5.56 Å². The van der Waals surface area contributed by atoms with Crippen LogP contribution < -0.4 is 5.32 Å². The van der Waals surface area contributed by atoms with Gasteiger partial charge < -0.3 is 20.1 Å². The highest BCUT2D eigenvalue weighted by molar-refractivity contribution is 5.93. The van der Waals surface area contributed by atoms with E-state index < -0.39 is 18.0 Å². The summed E-state index contributed by atoms with van der Waals surface area (Å²) in [6.07, 6.45) is 0. The van der Waals surface area contributed by atoms with Crippen LogP contribution in [0.3, 0.4) is 0 Å². The molecule has 1 fully saturated rings. The van der Waals surface area contributed by atoms with Gasteiger partial charge in [0.2, 0.25) is 0 Å². The van der Waals surface area contributed by atoms with Gasteiger partial charge in [-0.05, 0) is 12.1 Å². The number of rotatable bonds is 2. The summed E-state index contributed by atoms with van der Waals surface area (Å²) < 4.78 is 5.06. The summed E-state index contributed by atoms with van der Waals surface area (Å²) in [6, 6.07) is 6.93. The smallest absolute Gasteiger partial charge is 0.328 e. The molecule has 0 aliphatic carbocycles. The van der Waals surface area contributed by atoms with Gasteiger partial charge in [-0.1, -0.05) is 12.1 Å². The Hall–Kier alpha value is -2.59. The van der Waals surface area contributed by atoms with Gasteiger partial charge >= 0.3 is 12.0 Å². The third-order valence-corrected chi connectivity index (χ3v) is 2.96. The number of anilines is 1. The lowest BCUT2D eigenvalue weighted by Crippen LogP contribution is -2.54. The number of aliphatic carboxylic acids is 1. The monoisotopic (exact) mass is 275 g/mol. The SMILES string of the molecule is N#Cc1ccccc1NC(=O)N1CCOCC1C(=O)O. The number of morpholine rings is 1. The molecule has 2 N–H and O–H groups in total. The second-order valence-corrected chi connectivity index (χ2v) is 4.21. The number of amides is 2. The Labute approximate surface area is 115 Å². The van der Waals surface area contributed by atoms with Gasteiger partial charge in [0.05, 0.1) is 24.5 Å². The molecule has 20 heavy (non-hydrogen) atoms. The molecule has 1 atom stereocenters. The number of nitrogens with zero attached hydrogens (tertiary/aromatic N) is 2. The molecular formula is C13H13N3O4. The number of carbonyl (C=O) groups is 2. The molecule has 2 amide bonds. The van der Waals surface area contributed by atoms with Crippen molar-refractivity contribution < 1.29 is 19.4 Å². The molecule has 1 aromatic carbocycles. The van der Waals surface area contributed by atoms with Crippen molar-refractivity contribution in [2.75, 3.05) is 25.1 Å². The number of urea groups is 1. The number of carbonyl (C=O) groups excluding carboxylic acids is 1. The van der Waals surface area contributed by atoms with Crippen molar-refractivity contribution >= 4 is 17.7 Å². The summed E-state index contributed by atoms with van der Waals surface area (Å²) in [6.45, 7) is 0.442. The predicted molar refractivity (Wildman–Crippen MR) is 69.1 cm³/mol. The maximum atomic E-state index is 12.1. The molecule has 1 unspecified atom stereocenters. The molecule has 1 heterocycles. The molecule has 1 saturated heterocycles. The number of hydrogen-bond donors (Lipinski definition) is 2. The Balaban J connectivity index is 2.14.